The normalized spacial score (nSPS) is 11.2. The molecule has 0 aliphatic heterocycles. The molecule has 0 bridgehead atoms. The third kappa shape index (κ3) is 6.11. The van der Waals surface area contributed by atoms with Crippen molar-refractivity contribution in [3.05, 3.63) is 92.9 Å². The van der Waals surface area contributed by atoms with Gasteiger partial charge in [0.1, 0.15) is 0 Å². The molecule has 9 heteroatoms. The summed E-state index contributed by atoms with van der Waals surface area (Å²) in [5, 5.41) is 3.71. The molecule has 166 valence electrons. The number of benzene rings is 3. The summed E-state index contributed by atoms with van der Waals surface area (Å²) < 4.78 is 24.8. The van der Waals surface area contributed by atoms with Crippen LogP contribution in [0.15, 0.2) is 71.6 Å². The molecule has 3 aromatic carbocycles. The lowest BCUT2D eigenvalue weighted by Crippen LogP contribution is -2.16. The van der Waals surface area contributed by atoms with Gasteiger partial charge in [-0.3, -0.25) is 9.59 Å². The molecule has 0 aliphatic rings. The van der Waals surface area contributed by atoms with Gasteiger partial charge < -0.3 is 5.32 Å². The van der Waals surface area contributed by atoms with Crippen molar-refractivity contribution in [3.8, 4) is 0 Å². The predicted octanol–water partition coefficient (Wildman–Crippen LogP) is 6.07. The molecule has 0 fully saturated rings. The summed E-state index contributed by atoms with van der Waals surface area (Å²) in [5.74, 6) is -1.01. The summed E-state index contributed by atoms with van der Waals surface area (Å²) >= 11 is 18.0. The van der Waals surface area contributed by atoms with Crippen molar-refractivity contribution in [2.24, 2.45) is 0 Å². The predicted molar refractivity (Wildman–Crippen MR) is 128 cm³/mol. The zero-order valence-corrected chi connectivity index (χ0v) is 19.7. The summed E-state index contributed by atoms with van der Waals surface area (Å²) in [5.41, 5.74) is 0.735. The van der Waals surface area contributed by atoms with E-state index in [2.05, 4.69) is 5.32 Å². The molecule has 0 spiro atoms. The van der Waals surface area contributed by atoms with Gasteiger partial charge in [0.05, 0.1) is 21.4 Å². The van der Waals surface area contributed by atoms with E-state index in [9.17, 15) is 18.0 Å². The van der Waals surface area contributed by atoms with Gasteiger partial charge in [-0.2, -0.15) is 0 Å². The minimum absolute atomic E-state index is 0.0465. The van der Waals surface area contributed by atoms with E-state index < -0.39 is 21.5 Å². The van der Waals surface area contributed by atoms with Crippen LogP contribution in [-0.2, 0) is 14.6 Å². The molecule has 0 heterocycles. The molecular weight excluding hydrogens is 493 g/mol. The van der Waals surface area contributed by atoms with Crippen LogP contribution in [0, 0.1) is 0 Å². The first kappa shape index (κ1) is 24.3. The Kier molecular flexibility index (Phi) is 7.96. The van der Waals surface area contributed by atoms with E-state index in [1.54, 1.807) is 30.3 Å². The van der Waals surface area contributed by atoms with Crippen LogP contribution in [-0.4, -0.2) is 25.9 Å². The van der Waals surface area contributed by atoms with Gasteiger partial charge in [0.2, 0.25) is 5.91 Å². The third-order valence-electron chi connectivity index (χ3n) is 4.61. The van der Waals surface area contributed by atoms with Crippen LogP contribution in [0.2, 0.25) is 15.1 Å². The second-order valence-electron chi connectivity index (χ2n) is 6.92. The Morgan fingerprint density at radius 1 is 0.812 bits per heavy atom. The standard InChI is InChI=1S/C23H18Cl3NO4S/c24-15-7-10-17(11-8-15)32(30,31)13-3-6-22(28)27-21-12-9-16(25)14-19(21)23(29)18-4-1-2-5-20(18)26/h1-2,4-5,7-12,14H,3,6,13H2,(H,27,28). The van der Waals surface area contributed by atoms with Crippen LogP contribution < -0.4 is 5.32 Å². The monoisotopic (exact) mass is 509 g/mol. The van der Waals surface area contributed by atoms with Crippen molar-refractivity contribution in [1.82, 2.24) is 0 Å². The Hall–Kier alpha value is -2.38. The minimum Gasteiger partial charge on any atom is -0.325 e. The Bertz CT molecular complexity index is 1260. The van der Waals surface area contributed by atoms with E-state index in [0.29, 0.717) is 10.0 Å². The lowest BCUT2D eigenvalue weighted by atomic mass is 10.0. The third-order valence-corrected chi connectivity index (χ3v) is 7.24. The molecule has 1 N–H and O–H groups in total. The van der Waals surface area contributed by atoms with Crippen molar-refractivity contribution in [2.45, 2.75) is 17.7 Å². The number of rotatable bonds is 8. The van der Waals surface area contributed by atoms with Crippen LogP contribution in [0.25, 0.3) is 0 Å². The van der Waals surface area contributed by atoms with Crippen molar-refractivity contribution >= 4 is 62.0 Å². The van der Waals surface area contributed by atoms with Crippen LogP contribution in [0.5, 0.6) is 0 Å². The molecule has 0 aromatic heterocycles. The lowest BCUT2D eigenvalue weighted by Gasteiger charge is -2.12. The number of sulfone groups is 1. The molecule has 0 saturated heterocycles. The first-order valence-corrected chi connectivity index (χ1v) is 12.3. The molecule has 3 rings (SSSR count). The zero-order chi connectivity index (χ0) is 23.3. The smallest absolute Gasteiger partial charge is 0.224 e. The van der Waals surface area contributed by atoms with E-state index in [4.69, 9.17) is 34.8 Å². The molecule has 0 atom stereocenters. The number of anilines is 1. The van der Waals surface area contributed by atoms with Crippen LogP contribution in [0.1, 0.15) is 28.8 Å². The van der Waals surface area contributed by atoms with Gasteiger partial charge in [-0.05, 0) is 61.0 Å². The molecule has 0 radical (unpaired) electrons. The number of hydrogen-bond acceptors (Lipinski definition) is 4. The summed E-state index contributed by atoms with van der Waals surface area (Å²) in [6.45, 7) is 0. The average Bonchev–Trinajstić information content (AvgIpc) is 2.75. The highest BCUT2D eigenvalue weighted by molar-refractivity contribution is 7.91. The van der Waals surface area contributed by atoms with Crippen LogP contribution >= 0.6 is 34.8 Å². The van der Waals surface area contributed by atoms with Gasteiger partial charge in [-0.25, -0.2) is 8.42 Å². The SMILES string of the molecule is O=C(CCCS(=O)(=O)c1ccc(Cl)cc1)Nc1ccc(Cl)cc1C(=O)c1ccccc1Cl. The highest BCUT2D eigenvalue weighted by atomic mass is 35.5. The molecule has 0 aliphatic carbocycles. The Labute approximate surface area is 201 Å². The second-order valence-corrected chi connectivity index (χ2v) is 10.3. The zero-order valence-electron chi connectivity index (χ0n) is 16.6. The first-order chi connectivity index (χ1) is 15.2. The largest absolute Gasteiger partial charge is 0.325 e. The summed E-state index contributed by atoms with van der Waals surface area (Å²) in [6, 6.07) is 16.9. The van der Waals surface area contributed by atoms with Crippen molar-refractivity contribution in [1.29, 1.82) is 0 Å². The van der Waals surface area contributed by atoms with Gasteiger partial charge in [-0.15, -0.1) is 0 Å². The first-order valence-electron chi connectivity index (χ1n) is 9.54. The van der Waals surface area contributed by atoms with Crippen molar-refractivity contribution in [2.75, 3.05) is 11.1 Å². The van der Waals surface area contributed by atoms with Gasteiger partial charge in [0, 0.05) is 27.6 Å². The van der Waals surface area contributed by atoms with Crippen molar-refractivity contribution < 1.29 is 18.0 Å². The van der Waals surface area contributed by atoms with Gasteiger partial charge in [0.15, 0.2) is 15.6 Å². The van der Waals surface area contributed by atoms with Gasteiger partial charge in [-0.1, -0.05) is 46.9 Å². The molecular formula is C23H18Cl3NO4S. The summed E-state index contributed by atoms with van der Waals surface area (Å²) in [6.07, 6.45) is 0.0628. The molecule has 0 unspecified atom stereocenters. The lowest BCUT2D eigenvalue weighted by molar-refractivity contribution is -0.116. The maximum atomic E-state index is 13.0. The van der Waals surface area contributed by atoms with E-state index in [-0.39, 0.29) is 45.3 Å². The fourth-order valence-corrected chi connectivity index (χ4v) is 4.83. The molecule has 1 amide bonds. The molecule has 0 saturated carbocycles. The highest BCUT2D eigenvalue weighted by Gasteiger charge is 2.19. The number of nitrogens with one attached hydrogen (secondary N) is 1. The quantitative estimate of drug-likeness (QED) is 0.373. The Morgan fingerprint density at radius 2 is 1.47 bits per heavy atom. The average molecular weight is 511 g/mol. The maximum absolute atomic E-state index is 13.0. The second kappa shape index (κ2) is 10.5. The van der Waals surface area contributed by atoms with E-state index in [0.717, 1.165) is 0 Å². The summed E-state index contributed by atoms with van der Waals surface area (Å²) in [7, 11) is -3.54. The fourth-order valence-electron chi connectivity index (χ4n) is 3.00. The molecule has 5 nitrogen and oxygen atoms in total. The number of halogens is 3. The number of carbonyl (C=O) groups is 2. The minimum atomic E-state index is -3.54. The van der Waals surface area contributed by atoms with Gasteiger partial charge >= 0.3 is 0 Å². The van der Waals surface area contributed by atoms with Crippen LogP contribution in [0.4, 0.5) is 5.69 Å². The van der Waals surface area contributed by atoms with E-state index in [1.807, 2.05) is 0 Å². The highest BCUT2D eigenvalue weighted by Crippen LogP contribution is 2.27. The number of carbonyl (C=O) groups excluding carboxylic acids is 2. The number of hydrogen-bond donors (Lipinski definition) is 1. The molecule has 3 aromatic rings. The summed E-state index contributed by atoms with van der Waals surface area (Å²) in [4.78, 5) is 25.6. The number of amides is 1. The topological polar surface area (TPSA) is 80.3 Å². The van der Waals surface area contributed by atoms with E-state index in [1.165, 1.54) is 36.4 Å². The number of ketones is 1. The van der Waals surface area contributed by atoms with E-state index >= 15 is 0 Å². The van der Waals surface area contributed by atoms with Crippen molar-refractivity contribution in [3.63, 3.8) is 0 Å². The van der Waals surface area contributed by atoms with Gasteiger partial charge in [0.25, 0.3) is 0 Å². The Balaban J connectivity index is 1.68. The maximum Gasteiger partial charge on any atom is 0.224 e. The fraction of sp³-hybridized carbons (Fsp3) is 0.130. The molecule has 32 heavy (non-hydrogen) atoms. The van der Waals surface area contributed by atoms with Crippen LogP contribution in [0.3, 0.4) is 0 Å². The Morgan fingerprint density at radius 3 is 2.16 bits per heavy atom.